The minimum atomic E-state index is -0.603. The first-order chi connectivity index (χ1) is 8.08. The predicted molar refractivity (Wildman–Crippen MR) is 69.4 cm³/mol. The summed E-state index contributed by atoms with van der Waals surface area (Å²) < 4.78 is 5.04. The van der Waals surface area contributed by atoms with Crippen LogP contribution in [-0.4, -0.2) is 19.1 Å². The first-order valence-corrected chi connectivity index (χ1v) is 5.47. The van der Waals surface area contributed by atoms with Crippen LogP contribution in [0.3, 0.4) is 0 Å². The highest BCUT2D eigenvalue weighted by molar-refractivity contribution is 6.32. The summed E-state index contributed by atoms with van der Waals surface area (Å²) in [6.07, 6.45) is 2.03. The molecule has 92 valence electrons. The van der Waals surface area contributed by atoms with E-state index in [1.165, 1.54) is 7.11 Å². The maximum absolute atomic E-state index is 11.6. The van der Waals surface area contributed by atoms with Crippen molar-refractivity contribution in [3.05, 3.63) is 35.9 Å². The molecule has 1 aromatic rings. The van der Waals surface area contributed by atoms with Crippen molar-refractivity contribution in [2.45, 2.75) is 12.5 Å². The zero-order valence-corrected chi connectivity index (χ0v) is 10.3. The Morgan fingerprint density at radius 1 is 1.71 bits per heavy atom. The summed E-state index contributed by atoms with van der Waals surface area (Å²) in [7, 11) is 1.51. The van der Waals surface area contributed by atoms with Crippen LogP contribution in [0, 0.1) is 0 Å². The first-order valence-electron chi connectivity index (χ1n) is 5.09. The van der Waals surface area contributed by atoms with Gasteiger partial charge in [-0.05, 0) is 18.6 Å². The van der Waals surface area contributed by atoms with Gasteiger partial charge in [-0.15, -0.1) is 6.58 Å². The van der Waals surface area contributed by atoms with Crippen LogP contribution in [0.4, 0.5) is 5.69 Å². The number of benzene rings is 1. The molecule has 17 heavy (non-hydrogen) atoms. The second-order valence-corrected chi connectivity index (χ2v) is 3.88. The molecule has 1 amide bonds. The number of ether oxygens (including phenoxy) is 1. The highest BCUT2D eigenvalue weighted by Gasteiger charge is 2.12. The largest absolute Gasteiger partial charge is 0.495 e. The zero-order chi connectivity index (χ0) is 12.8. The van der Waals surface area contributed by atoms with E-state index in [1.54, 1.807) is 24.3 Å². The molecule has 1 aromatic carbocycles. The summed E-state index contributed by atoms with van der Waals surface area (Å²) in [6, 6.07) is 4.37. The monoisotopic (exact) mass is 254 g/mol. The lowest BCUT2D eigenvalue weighted by molar-refractivity contribution is -0.117. The Balaban J connectivity index is 2.74. The van der Waals surface area contributed by atoms with E-state index in [9.17, 15) is 4.79 Å². The van der Waals surface area contributed by atoms with Gasteiger partial charge in [0.15, 0.2) is 0 Å². The fraction of sp³-hybridized carbons (Fsp3) is 0.250. The van der Waals surface area contributed by atoms with E-state index < -0.39 is 6.04 Å². The SMILES string of the molecule is C=CCC(N)C(=O)Nc1ccc(Cl)c(OC)c1. The van der Waals surface area contributed by atoms with Gasteiger partial charge in [0.1, 0.15) is 5.75 Å². The van der Waals surface area contributed by atoms with Gasteiger partial charge in [0.05, 0.1) is 18.2 Å². The maximum Gasteiger partial charge on any atom is 0.241 e. The van der Waals surface area contributed by atoms with Crippen molar-refractivity contribution in [1.29, 1.82) is 0 Å². The average molecular weight is 255 g/mol. The third kappa shape index (κ3) is 3.76. The van der Waals surface area contributed by atoms with Crippen LogP contribution in [0.25, 0.3) is 0 Å². The lowest BCUT2D eigenvalue weighted by atomic mass is 10.2. The number of rotatable bonds is 5. The number of anilines is 1. The Labute approximate surface area is 105 Å². The molecule has 5 heteroatoms. The molecule has 1 rings (SSSR count). The molecule has 0 aromatic heterocycles. The van der Waals surface area contributed by atoms with Crippen molar-refractivity contribution < 1.29 is 9.53 Å². The van der Waals surface area contributed by atoms with Crippen LogP contribution >= 0.6 is 11.6 Å². The minimum absolute atomic E-state index is 0.269. The lowest BCUT2D eigenvalue weighted by Gasteiger charge is -2.11. The van der Waals surface area contributed by atoms with Gasteiger partial charge in [-0.25, -0.2) is 0 Å². The second-order valence-electron chi connectivity index (χ2n) is 3.47. The van der Waals surface area contributed by atoms with Crippen molar-refractivity contribution in [3.8, 4) is 5.75 Å². The molecule has 0 spiro atoms. The number of hydrogen-bond donors (Lipinski definition) is 2. The minimum Gasteiger partial charge on any atom is -0.495 e. The molecule has 0 aliphatic carbocycles. The molecule has 0 saturated heterocycles. The number of carbonyl (C=O) groups is 1. The van der Waals surface area contributed by atoms with Crippen LogP contribution in [-0.2, 0) is 4.79 Å². The van der Waals surface area contributed by atoms with Crippen molar-refractivity contribution in [2.24, 2.45) is 5.73 Å². The molecule has 3 N–H and O–H groups in total. The molecule has 4 nitrogen and oxygen atoms in total. The average Bonchev–Trinajstić information content (AvgIpc) is 2.31. The molecule has 0 bridgehead atoms. The standard InChI is InChI=1S/C12H15ClN2O2/c1-3-4-10(14)12(16)15-8-5-6-9(13)11(7-8)17-2/h3,5-7,10H,1,4,14H2,2H3,(H,15,16). The first kappa shape index (κ1) is 13.5. The predicted octanol–water partition coefficient (Wildman–Crippen LogP) is 2.19. The summed E-state index contributed by atoms with van der Waals surface area (Å²) in [6.45, 7) is 3.53. The van der Waals surface area contributed by atoms with Crippen LogP contribution in [0.1, 0.15) is 6.42 Å². The van der Waals surface area contributed by atoms with Crippen LogP contribution in [0.2, 0.25) is 5.02 Å². The van der Waals surface area contributed by atoms with Crippen LogP contribution in [0.15, 0.2) is 30.9 Å². The van der Waals surface area contributed by atoms with Crippen LogP contribution in [0.5, 0.6) is 5.75 Å². The van der Waals surface area contributed by atoms with E-state index in [4.69, 9.17) is 22.1 Å². The fourth-order valence-corrected chi connectivity index (χ4v) is 1.45. The number of methoxy groups -OCH3 is 1. The topological polar surface area (TPSA) is 64.4 Å². The van der Waals surface area contributed by atoms with Crippen molar-refractivity contribution in [1.82, 2.24) is 0 Å². The van der Waals surface area contributed by atoms with Gasteiger partial charge in [-0.1, -0.05) is 17.7 Å². The van der Waals surface area contributed by atoms with Gasteiger partial charge in [0.25, 0.3) is 0 Å². The molecule has 0 fully saturated rings. The summed E-state index contributed by atoms with van der Waals surface area (Å²) in [4.78, 5) is 11.6. The van der Waals surface area contributed by atoms with Gasteiger partial charge in [0.2, 0.25) is 5.91 Å². The Hall–Kier alpha value is -1.52. The van der Waals surface area contributed by atoms with Gasteiger partial charge in [-0.3, -0.25) is 4.79 Å². The summed E-state index contributed by atoms with van der Waals surface area (Å²) >= 11 is 5.87. The lowest BCUT2D eigenvalue weighted by Crippen LogP contribution is -2.35. The summed E-state index contributed by atoms with van der Waals surface area (Å²) in [5.41, 5.74) is 6.23. The van der Waals surface area contributed by atoms with Crippen molar-refractivity contribution in [2.75, 3.05) is 12.4 Å². The summed E-state index contributed by atoms with van der Waals surface area (Å²) in [5.74, 6) is 0.232. The Morgan fingerprint density at radius 3 is 3.00 bits per heavy atom. The number of hydrogen-bond acceptors (Lipinski definition) is 3. The Morgan fingerprint density at radius 2 is 2.41 bits per heavy atom. The maximum atomic E-state index is 11.6. The highest BCUT2D eigenvalue weighted by Crippen LogP contribution is 2.27. The van der Waals surface area contributed by atoms with Gasteiger partial charge < -0.3 is 15.8 Å². The molecular weight excluding hydrogens is 240 g/mol. The van der Waals surface area contributed by atoms with E-state index in [-0.39, 0.29) is 5.91 Å². The highest BCUT2D eigenvalue weighted by atomic mass is 35.5. The fourth-order valence-electron chi connectivity index (χ4n) is 1.26. The van der Waals surface area contributed by atoms with E-state index >= 15 is 0 Å². The van der Waals surface area contributed by atoms with Gasteiger partial charge in [-0.2, -0.15) is 0 Å². The number of amides is 1. The Bertz CT molecular complexity index is 421. The molecule has 1 atom stereocenters. The number of nitrogens with one attached hydrogen (secondary N) is 1. The molecule has 0 saturated carbocycles. The number of carbonyl (C=O) groups excluding carboxylic acids is 1. The van der Waals surface area contributed by atoms with E-state index in [0.29, 0.717) is 22.9 Å². The third-order valence-electron chi connectivity index (χ3n) is 2.18. The van der Waals surface area contributed by atoms with Gasteiger partial charge in [0, 0.05) is 11.8 Å². The summed E-state index contributed by atoms with van der Waals surface area (Å²) in [5, 5.41) is 3.17. The molecule has 0 heterocycles. The quantitative estimate of drug-likeness (QED) is 0.792. The van der Waals surface area contributed by atoms with Gasteiger partial charge >= 0.3 is 0 Å². The molecule has 1 unspecified atom stereocenters. The molecule has 0 aliphatic heterocycles. The normalized spacial score (nSPS) is 11.7. The molecule has 0 radical (unpaired) electrons. The van der Waals surface area contributed by atoms with Crippen molar-refractivity contribution >= 4 is 23.2 Å². The number of nitrogens with two attached hydrogens (primary N) is 1. The second kappa shape index (κ2) is 6.27. The molecular formula is C12H15ClN2O2. The van der Waals surface area contributed by atoms with E-state index in [0.717, 1.165) is 0 Å². The van der Waals surface area contributed by atoms with E-state index in [2.05, 4.69) is 11.9 Å². The molecule has 0 aliphatic rings. The smallest absolute Gasteiger partial charge is 0.241 e. The van der Waals surface area contributed by atoms with Crippen molar-refractivity contribution in [3.63, 3.8) is 0 Å². The van der Waals surface area contributed by atoms with E-state index in [1.807, 2.05) is 0 Å². The zero-order valence-electron chi connectivity index (χ0n) is 9.57. The third-order valence-corrected chi connectivity index (χ3v) is 2.49. The van der Waals surface area contributed by atoms with Crippen LogP contribution < -0.4 is 15.8 Å². The Kier molecular flexibility index (Phi) is 5.00. The number of halogens is 1.